The SMILES string of the molecule is CC(C)(C)N1CC[C@H](CNC(=O)CCc2cn[nH]c2)C1. The Morgan fingerprint density at radius 1 is 1.55 bits per heavy atom. The molecule has 1 atom stereocenters. The highest BCUT2D eigenvalue weighted by molar-refractivity contribution is 5.76. The number of aromatic amines is 1. The van der Waals surface area contributed by atoms with Gasteiger partial charge in [0.2, 0.25) is 5.91 Å². The fourth-order valence-corrected chi connectivity index (χ4v) is 2.63. The van der Waals surface area contributed by atoms with Gasteiger partial charge in [-0.3, -0.25) is 14.8 Å². The van der Waals surface area contributed by atoms with Gasteiger partial charge in [-0.15, -0.1) is 0 Å². The minimum atomic E-state index is 0.139. The monoisotopic (exact) mass is 278 g/mol. The third kappa shape index (κ3) is 4.34. The first-order valence-electron chi connectivity index (χ1n) is 7.44. The highest BCUT2D eigenvalue weighted by Crippen LogP contribution is 2.23. The first kappa shape index (κ1) is 15.0. The number of aryl methyl sites for hydroxylation is 1. The highest BCUT2D eigenvalue weighted by atomic mass is 16.1. The second-order valence-electron chi connectivity index (χ2n) is 6.68. The average Bonchev–Trinajstić information content (AvgIpc) is 3.04. The van der Waals surface area contributed by atoms with Crippen molar-refractivity contribution in [3.63, 3.8) is 0 Å². The largest absolute Gasteiger partial charge is 0.356 e. The van der Waals surface area contributed by atoms with Crippen molar-refractivity contribution in [2.24, 2.45) is 5.92 Å². The van der Waals surface area contributed by atoms with Gasteiger partial charge in [0.05, 0.1) is 6.20 Å². The predicted molar refractivity (Wildman–Crippen MR) is 79.4 cm³/mol. The number of carbonyl (C=O) groups is 1. The van der Waals surface area contributed by atoms with Gasteiger partial charge < -0.3 is 5.32 Å². The molecule has 20 heavy (non-hydrogen) atoms. The van der Waals surface area contributed by atoms with Gasteiger partial charge in [-0.1, -0.05) is 0 Å². The van der Waals surface area contributed by atoms with E-state index in [9.17, 15) is 4.79 Å². The Morgan fingerprint density at radius 2 is 2.35 bits per heavy atom. The van der Waals surface area contributed by atoms with Crippen molar-refractivity contribution in [1.29, 1.82) is 0 Å². The molecule has 2 heterocycles. The number of nitrogens with one attached hydrogen (secondary N) is 2. The van der Waals surface area contributed by atoms with E-state index >= 15 is 0 Å². The van der Waals surface area contributed by atoms with Crippen molar-refractivity contribution in [3.05, 3.63) is 18.0 Å². The van der Waals surface area contributed by atoms with Gasteiger partial charge in [-0.05, 0) is 51.6 Å². The van der Waals surface area contributed by atoms with E-state index in [4.69, 9.17) is 0 Å². The normalized spacial score (nSPS) is 20.2. The third-order valence-electron chi connectivity index (χ3n) is 4.02. The summed E-state index contributed by atoms with van der Waals surface area (Å²) in [6.07, 6.45) is 6.08. The van der Waals surface area contributed by atoms with E-state index in [1.54, 1.807) is 6.20 Å². The van der Waals surface area contributed by atoms with Crippen LogP contribution >= 0.6 is 0 Å². The molecule has 1 aliphatic heterocycles. The number of nitrogens with zero attached hydrogens (tertiary/aromatic N) is 2. The van der Waals surface area contributed by atoms with Crippen molar-refractivity contribution < 1.29 is 4.79 Å². The van der Waals surface area contributed by atoms with Crippen LogP contribution in [0.5, 0.6) is 0 Å². The Morgan fingerprint density at radius 3 is 2.95 bits per heavy atom. The zero-order valence-electron chi connectivity index (χ0n) is 12.8. The summed E-state index contributed by atoms with van der Waals surface area (Å²) in [5.74, 6) is 0.729. The van der Waals surface area contributed by atoms with E-state index in [0.29, 0.717) is 12.3 Å². The minimum Gasteiger partial charge on any atom is -0.356 e. The molecule has 5 nitrogen and oxygen atoms in total. The molecule has 1 fully saturated rings. The fourth-order valence-electron chi connectivity index (χ4n) is 2.63. The lowest BCUT2D eigenvalue weighted by Crippen LogP contribution is -2.40. The van der Waals surface area contributed by atoms with Crippen LogP contribution in [0.25, 0.3) is 0 Å². The number of hydrogen-bond donors (Lipinski definition) is 2. The van der Waals surface area contributed by atoms with Crippen LogP contribution in [0.15, 0.2) is 12.4 Å². The van der Waals surface area contributed by atoms with E-state index < -0.39 is 0 Å². The number of likely N-dealkylation sites (tertiary alicyclic amines) is 1. The maximum Gasteiger partial charge on any atom is 0.220 e. The summed E-state index contributed by atoms with van der Waals surface area (Å²) >= 11 is 0. The second-order valence-corrected chi connectivity index (χ2v) is 6.68. The van der Waals surface area contributed by atoms with E-state index in [1.165, 1.54) is 6.42 Å². The molecule has 0 radical (unpaired) electrons. The Labute approximate surface area is 121 Å². The molecule has 0 bridgehead atoms. The van der Waals surface area contributed by atoms with E-state index in [1.807, 2.05) is 6.20 Å². The second kappa shape index (κ2) is 6.39. The Balaban J connectivity index is 1.64. The van der Waals surface area contributed by atoms with Crippen molar-refractivity contribution >= 4 is 5.91 Å². The van der Waals surface area contributed by atoms with Crippen molar-refractivity contribution in [3.8, 4) is 0 Å². The van der Waals surface area contributed by atoms with Gasteiger partial charge in [0.15, 0.2) is 0 Å². The zero-order chi connectivity index (χ0) is 14.6. The van der Waals surface area contributed by atoms with Gasteiger partial charge in [0.1, 0.15) is 0 Å². The summed E-state index contributed by atoms with van der Waals surface area (Å²) in [5, 5.41) is 9.70. The lowest BCUT2D eigenvalue weighted by Gasteiger charge is -2.31. The molecule has 1 aromatic rings. The van der Waals surface area contributed by atoms with E-state index in [0.717, 1.165) is 31.6 Å². The molecular formula is C15H26N4O. The van der Waals surface area contributed by atoms with Crippen LogP contribution in [-0.2, 0) is 11.2 Å². The molecule has 2 N–H and O–H groups in total. The van der Waals surface area contributed by atoms with Crippen LogP contribution in [0.4, 0.5) is 0 Å². The van der Waals surface area contributed by atoms with Crippen LogP contribution < -0.4 is 5.32 Å². The molecular weight excluding hydrogens is 252 g/mol. The Bertz CT molecular complexity index is 422. The lowest BCUT2D eigenvalue weighted by molar-refractivity contribution is -0.121. The molecule has 112 valence electrons. The van der Waals surface area contributed by atoms with Crippen LogP contribution in [0.1, 0.15) is 39.2 Å². The first-order valence-corrected chi connectivity index (χ1v) is 7.44. The molecule has 1 aliphatic rings. The smallest absolute Gasteiger partial charge is 0.220 e. The van der Waals surface area contributed by atoms with E-state index in [-0.39, 0.29) is 11.4 Å². The van der Waals surface area contributed by atoms with Gasteiger partial charge >= 0.3 is 0 Å². The highest BCUT2D eigenvalue weighted by Gasteiger charge is 2.30. The molecule has 1 amide bonds. The average molecular weight is 278 g/mol. The number of H-pyrrole nitrogens is 1. The van der Waals surface area contributed by atoms with Crippen molar-refractivity contribution in [2.45, 2.75) is 45.6 Å². The fraction of sp³-hybridized carbons (Fsp3) is 0.733. The molecule has 1 aromatic heterocycles. The molecule has 1 saturated heterocycles. The molecule has 0 unspecified atom stereocenters. The topological polar surface area (TPSA) is 61.0 Å². The number of rotatable bonds is 5. The van der Waals surface area contributed by atoms with Crippen LogP contribution in [0.2, 0.25) is 0 Å². The number of hydrogen-bond acceptors (Lipinski definition) is 3. The predicted octanol–water partition coefficient (Wildman–Crippen LogP) is 1.58. The summed E-state index contributed by atoms with van der Waals surface area (Å²) < 4.78 is 0. The quantitative estimate of drug-likeness (QED) is 0.859. The standard InChI is InChI=1S/C15H26N4O/c1-15(2,3)19-7-6-13(11-19)8-16-14(20)5-4-12-9-17-18-10-12/h9-10,13H,4-8,11H2,1-3H3,(H,16,20)(H,17,18)/t13-/m1/s1. The summed E-state index contributed by atoms with van der Waals surface area (Å²) in [4.78, 5) is 14.3. The van der Waals surface area contributed by atoms with Crippen LogP contribution in [0.3, 0.4) is 0 Å². The summed E-state index contributed by atoms with van der Waals surface area (Å²) in [7, 11) is 0. The number of aromatic nitrogens is 2. The molecule has 0 aliphatic carbocycles. The van der Waals surface area contributed by atoms with Gasteiger partial charge in [-0.2, -0.15) is 5.10 Å². The molecule has 0 saturated carbocycles. The number of amides is 1. The van der Waals surface area contributed by atoms with Gasteiger partial charge in [0.25, 0.3) is 0 Å². The summed E-state index contributed by atoms with van der Waals surface area (Å²) in [6.45, 7) is 9.78. The summed E-state index contributed by atoms with van der Waals surface area (Å²) in [5.41, 5.74) is 1.32. The third-order valence-corrected chi connectivity index (χ3v) is 4.02. The lowest BCUT2D eigenvalue weighted by atomic mass is 10.1. The maximum absolute atomic E-state index is 11.8. The van der Waals surface area contributed by atoms with E-state index in [2.05, 4.69) is 41.2 Å². The first-order chi connectivity index (χ1) is 9.45. The Hall–Kier alpha value is -1.36. The van der Waals surface area contributed by atoms with Gasteiger partial charge in [0, 0.05) is 31.2 Å². The van der Waals surface area contributed by atoms with Crippen LogP contribution in [-0.4, -0.2) is 46.2 Å². The number of carbonyl (C=O) groups excluding carboxylic acids is 1. The molecule has 0 spiro atoms. The van der Waals surface area contributed by atoms with Gasteiger partial charge in [-0.25, -0.2) is 0 Å². The molecule has 2 rings (SSSR count). The molecule has 0 aromatic carbocycles. The van der Waals surface area contributed by atoms with Crippen LogP contribution in [0, 0.1) is 5.92 Å². The maximum atomic E-state index is 11.8. The minimum absolute atomic E-state index is 0.139. The van der Waals surface area contributed by atoms with Crippen molar-refractivity contribution in [2.75, 3.05) is 19.6 Å². The zero-order valence-corrected chi connectivity index (χ0v) is 12.8. The Kier molecular flexibility index (Phi) is 4.81. The molecule has 5 heteroatoms. The van der Waals surface area contributed by atoms with Crippen molar-refractivity contribution in [1.82, 2.24) is 20.4 Å². The summed E-state index contributed by atoms with van der Waals surface area (Å²) in [6, 6.07) is 0.